The number of aryl methyl sites for hydroxylation is 1. The van der Waals surface area contributed by atoms with Gasteiger partial charge in [-0.1, -0.05) is 18.6 Å². The third-order valence-electron chi connectivity index (χ3n) is 4.34. The molecule has 1 aliphatic heterocycles. The van der Waals surface area contributed by atoms with Crippen molar-refractivity contribution < 1.29 is 9.53 Å². The average Bonchev–Trinajstić information content (AvgIpc) is 2.55. The molecule has 0 bridgehead atoms. The molecule has 1 amide bonds. The van der Waals surface area contributed by atoms with Crippen molar-refractivity contribution in [1.82, 2.24) is 10.2 Å². The van der Waals surface area contributed by atoms with E-state index in [0.29, 0.717) is 18.4 Å². The summed E-state index contributed by atoms with van der Waals surface area (Å²) >= 11 is 0. The number of methoxy groups -OCH3 is 1. The molecular weight excluding hydrogens is 276 g/mol. The van der Waals surface area contributed by atoms with Crippen molar-refractivity contribution in [3.05, 3.63) is 29.8 Å². The van der Waals surface area contributed by atoms with Crippen LogP contribution in [-0.2, 0) is 11.2 Å². The Hall–Kier alpha value is -1.55. The Morgan fingerprint density at radius 3 is 2.73 bits per heavy atom. The number of benzene rings is 1. The van der Waals surface area contributed by atoms with Crippen LogP contribution in [0.5, 0.6) is 5.75 Å². The van der Waals surface area contributed by atoms with Gasteiger partial charge in [0.15, 0.2) is 0 Å². The molecule has 122 valence electrons. The van der Waals surface area contributed by atoms with E-state index in [2.05, 4.69) is 24.4 Å². The first-order valence-electron chi connectivity index (χ1n) is 8.34. The third kappa shape index (κ3) is 5.02. The van der Waals surface area contributed by atoms with E-state index in [1.54, 1.807) is 7.11 Å². The zero-order valence-corrected chi connectivity index (χ0v) is 13.8. The number of carbonyl (C=O) groups is 1. The van der Waals surface area contributed by atoms with Gasteiger partial charge >= 0.3 is 0 Å². The molecule has 2 rings (SSSR count). The lowest BCUT2D eigenvalue weighted by molar-refractivity contribution is -0.134. The quantitative estimate of drug-likeness (QED) is 0.787. The fourth-order valence-corrected chi connectivity index (χ4v) is 2.93. The molecule has 1 aromatic carbocycles. The van der Waals surface area contributed by atoms with Crippen molar-refractivity contribution in [1.29, 1.82) is 0 Å². The van der Waals surface area contributed by atoms with E-state index >= 15 is 0 Å². The van der Waals surface area contributed by atoms with E-state index in [9.17, 15) is 4.79 Å². The van der Waals surface area contributed by atoms with E-state index in [-0.39, 0.29) is 0 Å². The van der Waals surface area contributed by atoms with Crippen LogP contribution in [0.4, 0.5) is 0 Å². The number of piperazine rings is 1. The second kappa shape index (κ2) is 8.79. The van der Waals surface area contributed by atoms with E-state index in [1.165, 1.54) is 5.56 Å². The van der Waals surface area contributed by atoms with Gasteiger partial charge in [0.05, 0.1) is 7.11 Å². The molecule has 0 aliphatic carbocycles. The molecule has 1 aliphatic rings. The Bertz CT molecular complexity index is 459. The molecular formula is C18H28N2O2. The highest BCUT2D eigenvalue weighted by molar-refractivity contribution is 5.76. The van der Waals surface area contributed by atoms with Crippen molar-refractivity contribution in [3.8, 4) is 5.75 Å². The normalized spacial score (nSPS) is 18.3. The Morgan fingerprint density at radius 2 is 2.05 bits per heavy atom. The molecule has 1 atom stereocenters. The molecule has 22 heavy (non-hydrogen) atoms. The zero-order valence-electron chi connectivity index (χ0n) is 13.8. The van der Waals surface area contributed by atoms with Crippen molar-refractivity contribution >= 4 is 5.91 Å². The van der Waals surface area contributed by atoms with Crippen molar-refractivity contribution in [2.45, 2.75) is 45.1 Å². The molecule has 0 aromatic heterocycles. The minimum absolute atomic E-state index is 0.318. The van der Waals surface area contributed by atoms with Gasteiger partial charge in [-0.2, -0.15) is 0 Å². The zero-order chi connectivity index (χ0) is 15.8. The summed E-state index contributed by atoms with van der Waals surface area (Å²) in [6, 6.07) is 8.58. The van der Waals surface area contributed by atoms with Gasteiger partial charge in [-0.25, -0.2) is 0 Å². The number of unbranched alkanes of at least 4 members (excludes halogenated alkanes) is 2. The smallest absolute Gasteiger partial charge is 0.222 e. The van der Waals surface area contributed by atoms with Crippen LogP contribution in [0.2, 0.25) is 0 Å². The molecule has 4 heteroatoms. The molecule has 1 unspecified atom stereocenters. The van der Waals surface area contributed by atoms with Gasteiger partial charge in [0.1, 0.15) is 5.75 Å². The summed E-state index contributed by atoms with van der Waals surface area (Å²) < 4.78 is 5.16. The van der Waals surface area contributed by atoms with E-state index < -0.39 is 0 Å². The number of nitrogens with zero attached hydrogens (tertiary/aromatic N) is 1. The molecule has 1 heterocycles. The fourth-order valence-electron chi connectivity index (χ4n) is 2.93. The first kappa shape index (κ1) is 16.8. The summed E-state index contributed by atoms with van der Waals surface area (Å²) in [6.45, 7) is 4.82. The second-order valence-corrected chi connectivity index (χ2v) is 6.05. The van der Waals surface area contributed by atoms with E-state index in [4.69, 9.17) is 4.74 Å². The number of nitrogens with one attached hydrogen (secondary N) is 1. The number of amides is 1. The summed E-state index contributed by atoms with van der Waals surface area (Å²) in [7, 11) is 1.69. The largest absolute Gasteiger partial charge is 0.497 e. The Kier molecular flexibility index (Phi) is 6.72. The summed E-state index contributed by atoms with van der Waals surface area (Å²) in [6.07, 6.45) is 5.00. The highest BCUT2D eigenvalue weighted by Gasteiger charge is 2.21. The standard InChI is InChI=1S/C18H28N2O2/c1-15-14-19-12-13-20(15)18(21)7-5-3-4-6-16-8-10-17(22-2)11-9-16/h8-11,15,19H,3-7,12-14H2,1-2H3. The van der Waals surface area contributed by atoms with Crippen LogP contribution < -0.4 is 10.1 Å². The average molecular weight is 304 g/mol. The van der Waals surface area contributed by atoms with Crippen LogP contribution in [0.3, 0.4) is 0 Å². The predicted molar refractivity (Wildman–Crippen MR) is 89.2 cm³/mol. The van der Waals surface area contributed by atoms with Gasteiger partial charge in [0.25, 0.3) is 0 Å². The van der Waals surface area contributed by atoms with E-state index in [1.807, 2.05) is 17.0 Å². The Morgan fingerprint density at radius 1 is 1.27 bits per heavy atom. The van der Waals surface area contributed by atoms with Gasteiger partial charge in [-0.05, 0) is 43.9 Å². The number of hydrogen-bond acceptors (Lipinski definition) is 3. The SMILES string of the molecule is COc1ccc(CCCCCC(=O)N2CCNCC2C)cc1. The van der Waals surface area contributed by atoms with Gasteiger partial charge < -0.3 is 15.0 Å². The third-order valence-corrected chi connectivity index (χ3v) is 4.34. The van der Waals surface area contributed by atoms with Gasteiger partial charge in [-0.15, -0.1) is 0 Å². The van der Waals surface area contributed by atoms with E-state index in [0.717, 1.165) is 51.1 Å². The minimum atomic E-state index is 0.318. The minimum Gasteiger partial charge on any atom is -0.497 e. The van der Waals surface area contributed by atoms with Crippen LogP contribution in [0.15, 0.2) is 24.3 Å². The van der Waals surface area contributed by atoms with Crippen molar-refractivity contribution in [2.75, 3.05) is 26.7 Å². The molecule has 1 aromatic rings. The van der Waals surface area contributed by atoms with Crippen LogP contribution >= 0.6 is 0 Å². The van der Waals surface area contributed by atoms with Crippen molar-refractivity contribution in [3.63, 3.8) is 0 Å². The maximum absolute atomic E-state index is 12.2. The molecule has 0 radical (unpaired) electrons. The van der Waals surface area contributed by atoms with Crippen LogP contribution in [-0.4, -0.2) is 43.6 Å². The lowest BCUT2D eigenvalue weighted by atomic mass is 10.1. The van der Waals surface area contributed by atoms with Gasteiger partial charge in [0, 0.05) is 32.1 Å². The summed E-state index contributed by atoms with van der Waals surface area (Å²) in [5.74, 6) is 1.22. The number of ether oxygens (including phenoxy) is 1. The summed E-state index contributed by atoms with van der Waals surface area (Å²) in [4.78, 5) is 14.2. The number of rotatable bonds is 7. The predicted octanol–water partition coefficient (Wildman–Crippen LogP) is 2.62. The summed E-state index contributed by atoms with van der Waals surface area (Å²) in [5, 5.41) is 3.32. The van der Waals surface area contributed by atoms with Crippen LogP contribution in [0, 0.1) is 0 Å². The molecule has 0 saturated carbocycles. The highest BCUT2D eigenvalue weighted by Crippen LogP contribution is 2.14. The van der Waals surface area contributed by atoms with Crippen LogP contribution in [0.25, 0.3) is 0 Å². The number of carbonyl (C=O) groups excluding carboxylic acids is 1. The Balaban J connectivity index is 1.61. The topological polar surface area (TPSA) is 41.6 Å². The molecule has 1 saturated heterocycles. The monoisotopic (exact) mass is 304 g/mol. The van der Waals surface area contributed by atoms with Crippen LogP contribution in [0.1, 0.15) is 38.2 Å². The Labute approximate surface area is 133 Å². The first-order valence-corrected chi connectivity index (χ1v) is 8.34. The maximum Gasteiger partial charge on any atom is 0.222 e. The van der Waals surface area contributed by atoms with Crippen molar-refractivity contribution in [2.24, 2.45) is 0 Å². The number of hydrogen-bond donors (Lipinski definition) is 1. The second-order valence-electron chi connectivity index (χ2n) is 6.05. The molecule has 0 spiro atoms. The molecule has 1 N–H and O–H groups in total. The summed E-state index contributed by atoms with van der Waals surface area (Å²) in [5.41, 5.74) is 1.34. The fraction of sp³-hybridized carbons (Fsp3) is 0.611. The highest BCUT2D eigenvalue weighted by atomic mass is 16.5. The first-order chi connectivity index (χ1) is 10.7. The molecule has 4 nitrogen and oxygen atoms in total. The van der Waals surface area contributed by atoms with Gasteiger partial charge in [-0.3, -0.25) is 4.79 Å². The lowest BCUT2D eigenvalue weighted by Crippen LogP contribution is -2.52. The maximum atomic E-state index is 12.2. The van der Waals surface area contributed by atoms with Gasteiger partial charge in [0.2, 0.25) is 5.91 Å². The molecule has 1 fully saturated rings. The lowest BCUT2D eigenvalue weighted by Gasteiger charge is -2.34.